The van der Waals surface area contributed by atoms with E-state index in [0.717, 1.165) is 0 Å². The number of nitrogens with zero attached hydrogens (tertiary/aromatic N) is 2. The molecule has 1 unspecified atom stereocenters. The van der Waals surface area contributed by atoms with E-state index in [-0.39, 0.29) is 17.3 Å². The average Bonchev–Trinajstić information content (AvgIpc) is 2.67. The zero-order chi connectivity index (χ0) is 13.1. The first-order valence-corrected chi connectivity index (χ1v) is 5.28. The molecular formula is C10H17N5O2. The van der Waals surface area contributed by atoms with Gasteiger partial charge in [0.1, 0.15) is 12.4 Å². The molecule has 0 aliphatic rings. The molecule has 0 aliphatic carbocycles. The number of H-pyrrole nitrogens is 1. The fraction of sp³-hybridized carbons (Fsp3) is 0.600. The predicted octanol–water partition coefficient (Wildman–Crippen LogP) is -0.162. The van der Waals surface area contributed by atoms with Gasteiger partial charge in [-0.3, -0.25) is 14.7 Å². The van der Waals surface area contributed by atoms with Crippen LogP contribution < -0.4 is 10.6 Å². The second kappa shape index (κ2) is 4.94. The summed E-state index contributed by atoms with van der Waals surface area (Å²) >= 11 is 0. The Labute approximate surface area is 99.4 Å². The second-order valence-corrected chi connectivity index (χ2v) is 4.77. The van der Waals surface area contributed by atoms with Crippen LogP contribution in [0, 0.1) is 0 Å². The van der Waals surface area contributed by atoms with Gasteiger partial charge in [-0.05, 0) is 27.7 Å². The van der Waals surface area contributed by atoms with E-state index >= 15 is 0 Å². The van der Waals surface area contributed by atoms with Crippen LogP contribution in [-0.2, 0) is 4.79 Å². The van der Waals surface area contributed by atoms with Crippen molar-refractivity contribution in [3.8, 4) is 0 Å². The molecule has 0 spiro atoms. The van der Waals surface area contributed by atoms with Gasteiger partial charge in [0.05, 0.1) is 0 Å². The molecule has 0 saturated carbocycles. The maximum Gasteiger partial charge on any atom is 0.289 e. The summed E-state index contributed by atoms with van der Waals surface area (Å²) < 4.78 is 0. The third-order valence-corrected chi connectivity index (χ3v) is 1.87. The van der Waals surface area contributed by atoms with Crippen molar-refractivity contribution in [2.45, 2.75) is 39.3 Å². The summed E-state index contributed by atoms with van der Waals surface area (Å²) in [5.74, 6) is -0.621. The van der Waals surface area contributed by atoms with Gasteiger partial charge in [0.15, 0.2) is 0 Å². The fourth-order valence-electron chi connectivity index (χ4n) is 1.12. The lowest BCUT2D eigenvalue weighted by Crippen LogP contribution is -2.51. The van der Waals surface area contributed by atoms with Crippen molar-refractivity contribution in [3.05, 3.63) is 12.2 Å². The van der Waals surface area contributed by atoms with E-state index in [1.165, 1.54) is 6.33 Å². The molecule has 1 rings (SSSR count). The molecule has 0 radical (unpaired) electrons. The summed E-state index contributed by atoms with van der Waals surface area (Å²) in [6.07, 6.45) is 1.23. The maximum atomic E-state index is 11.7. The normalized spacial score (nSPS) is 12.9. The first-order chi connectivity index (χ1) is 7.79. The van der Waals surface area contributed by atoms with Crippen LogP contribution >= 0.6 is 0 Å². The highest BCUT2D eigenvalue weighted by atomic mass is 16.2. The van der Waals surface area contributed by atoms with Crippen molar-refractivity contribution in [1.82, 2.24) is 25.8 Å². The predicted molar refractivity (Wildman–Crippen MR) is 61.2 cm³/mol. The molecule has 0 bridgehead atoms. The minimum atomic E-state index is -0.633. The Kier molecular flexibility index (Phi) is 3.82. The zero-order valence-electron chi connectivity index (χ0n) is 10.4. The topological polar surface area (TPSA) is 99.8 Å². The Hall–Kier alpha value is -1.92. The first kappa shape index (κ1) is 13.1. The molecule has 0 saturated heterocycles. The highest BCUT2D eigenvalue weighted by Crippen LogP contribution is 1.99. The van der Waals surface area contributed by atoms with E-state index in [9.17, 15) is 9.59 Å². The fourth-order valence-corrected chi connectivity index (χ4v) is 1.12. The molecule has 7 heteroatoms. The Morgan fingerprint density at radius 3 is 2.53 bits per heavy atom. The van der Waals surface area contributed by atoms with Gasteiger partial charge < -0.3 is 10.6 Å². The maximum absolute atomic E-state index is 11.7. The molecule has 1 aromatic rings. The van der Waals surface area contributed by atoms with Crippen LogP contribution in [0.1, 0.15) is 38.3 Å². The summed E-state index contributed by atoms with van der Waals surface area (Å²) in [5.41, 5.74) is -0.331. The molecule has 3 N–H and O–H groups in total. The van der Waals surface area contributed by atoms with Gasteiger partial charge in [-0.1, -0.05) is 0 Å². The van der Waals surface area contributed by atoms with Crippen LogP contribution in [0.15, 0.2) is 6.33 Å². The van der Waals surface area contributed by atoms with Gasteiger partial charge in [-0.15, -0.1) is 0 Å². The highest BCUT2D eigenvalue weighted by molar-refractivity contribution is 5.94. The number of carbonyl (C=O) groups excluding carboxylic acids is 2. The summed E-state index contributed by atoms with van der Waals surface area (Å²) in [7, 11) is 0. The molecule has 0 fully saturated rings. The van der Waals surface area contributed by atoms with E-state index in [1.807, 2.05) is 20.8 Å². The van der Waals surface area contributed by atoms with Crippen LogP contribution in [0.4, 0.5) is 0 Å². The van der Waals surface area contributed by atoms with E-state index in [2.05, 4.69) is 25.8 Å². The molecule has 2 amide bonds. The summed E-state index contributed by atoms with van der Waals surface area (Å²) in [6.45, 7) is 7.22. The standard InChI is InChI=1S/C10H17N5O2/c1-6(8(16)14-10(2,3)4)13-9(17)7-11-5-12-15-7/h5-6H,1-4H3,(H,13,17)(H,14,16)(H,11,12,15). The number of rotatable bonds is 3. The van der Waals surface area contributed by atoms with Crippen LogP contribution in [-0.4, -0.2) is 38.6 Å². The third-order valence-electron chi connectivity index (χ3n) is 1.87. The van der Waals surface area contributed by atoms with Crippen LogP contribution in [0.3, 0.4) is 0 Å². The number of aromatic amines is 1. The molecule has 7 nitrogen and oxygen atoms in total. The Balaban J connectivity index is 2.52. The molecular weight excluding hydrogens is 222 g/mol. The van der Waals surface area contributed by atoms with E-state index in [0.29, 0.717) is 0 Å². The van der Waals surface area contributed by atoms with E-state index < -0.39 is 11.9 Å². The van der Waals surface area contributed by atoms with Crippen molar-refractivity contribution in [3.63, 3.8) is 0 Å². The van der Waals surface area contributed by atoms with Crippen LogP contribution in [0.25, 0.3) is 0 Å². The van der Waals surface area contributed by atoms with Crippen molar-refractivity contribution in [1.29, 1.82) is 0 Å². The second-order valence-electron chi connectivity index (χ2n) is 4.77. The van der Waals surface area contributed by atoms with Gasteiger partial charge >= 0.3 is 0 Å². The first-order valence-electron chi connectivity index (χ1n) is 5.28. The van der Waals surface area contributed by atoms with Crippen LogP contribution in [0.5, 0.6) is 0 Å². The number of hydrogen-bond donors (Lipinski definition) is 3. The highest BCUT2D eigenvalue weighted by Gasteiger charge is 2.21. The SMILES string of the molecule is CC(NC(=O)c1ncn[nH]1)C(=O)NC(C)(C)C. The van der Waals surface area contributed by atoms with Crippen molar-refractivity contribution >= 4 is 11.8 Å². The molecule has 1 heterocycles. The average molecular weight is 239 g/mol. The molecule has 0 aromatic carbocycles. The number of amides is 2. The molecule has 1 atom stereocenters. The van der Waals surface area contributed by atoms with Gasteiger partial charge in [-0.25, -0.2) is 4.98 Å². The molecule has 94 valence electrons. The lowest BCUT2D eigenvalue weighted by Gasteiger charge is -2.23. The monoisotopic (exact) mass is 239 g/mol. The van der Waals surface area contributed by atoms with Crippen molar-refractivity contribution < 1.29 is 9.59 Å². The van der Waals surface area contributed by atoms with Gasteiger partial charge in [0.2, 0.25) is 11.7 Å². The Morgan fingerprint density at radius 1 is 1.41 bits per heavy atom. The summed E-state index contributed by atoms with van der Waals surface area (Å²) in [6, 6.07) is -0.633. The smallest absolute Gasteiger partial charge is 0.289 e. The number of aromatic nitrogens is 3. The lowest BCUT2D eigenvalue weighted by molar-refractivity contribution is -0.124. The molecule has 17 heavy (non-hydrogen) atoms. The van der Waals surface area contributed by atoms with Gasteiger partial charge in [0.25, 0.3) is 5.91 Å². The number of hydrogen-bond acceptors (Lipinski definition) is 4. The minimum absolute atomic E-state index is 0.0837. The number of nitrogens with one attached hydrogen (secondary N) is 3. The largest absolute Gasteiger partial charge is 0.350 e. The van der Waals surface area contributed by atoms with Crippen molar-refractivity contribution in [2.75, 3.05) is 0 Å². The Bertz CT molecular complexity index is 393. The molecule has 0 aliphatic heterocycles. The van der Waals surface area contributed by atoms with Crippen molar-refractivity contribution in [2.24, 2.45) is 0 Å². The molecule has 1 aromatic heterocycles. The zero-order valence-corrected chi connectivity index (χ0v) is 10.4. The third kappa shape index (κ3) is 4.21. The van der Waals surface area contributed by atoms with Gasteiger partial charge in [-0.2, -0.15) is 5.10 Å². The van der Waals surface area contributed by atoms with E-state index in [1.54, 1.807) is 6.92 Å². The van der Waals surface area contributed by atoms with E-state index in [4.69, 9.17) is 0 Å². The lowest BCUT2D eigenvalue weighted by atomic mass is 10.1. The van der Waals surface area contributed by atoms with Gasteiger partial charge in [0, 0.05) is 5.54 Å². The number of carbonyl (C=O) groups is 2. The minimum Gasteiger partial charge on any atom is -0.350 e. The Morgan fingerprint density at radius 2 is 2.06 bits per heavy atom. The summed E-state index contributed by atoms with van der Waals surface area (Å²) in [5, 5.41) is 11.3. The quantitative estimate of drug-likeness (QED) is 0.682. The summed E-state index contributed by atoms with van der Waals surface area (Å²) in [4.78, 5) is 26.9. The van der Waals surface area contributed by atoms with Crippen LogP contribution in [0.2, 0.25) is 0 Å².